The third kappa shape index (κ3) is 5.22. The topological polar surface area (TPSA) is 71.1 Å². The number of urea groups is 1. The maximum absolute atomic E-state index is 13.7. The number of nitrogens with one attached hydrogen (secondary N) is 1. The number of rotatable bonds is 9. The molecule has 0 radical (unpaired) electrons. The minimum absolute atomic E-state index is 0.0316. The minimum Gasteiger partial charge on any atom is -0.497 e. The van der Waals surface area contributed by atoms with Crippen molar-refractivity contribution >= 4 is 23.5 Å². The van der Waals surface area contributed by atoms with Gasteiger partial charge in [-0.25, -0.2) is 4.79 Å². The number of methoxy groups -OCH3 is 2. The second-order valence-corrected chi connectivity index (χ2v) is 9.49. The molecule has 8 heteroatoms. The van der Waals surface area contributed by atoms with Crippen molar-refractivity contribution in [3.8, 4) is 5.75 Å². The summed E-state index contributed by atoms with van der Waals surface area (Å²) in [4.78, 5) is 30.3. The molecule has 2 aliphatic rings. The monoisotopic (exact) mass is 485 g/mol. The summed E-state index contributed by atoms with van der Waals surface area (Å²) in [6.07, 6.45) is 2.07. The van der Waals surface area contributed by atoms with Gasteiger partial charge in [0.05, 0.1) is 20.3 Å². The van der Waals surface area contributed by atoms with E-state index in [4.69, 9.17) is 21.1 Å². The Morgan fingerprint density at radius 1 is 1.06 bits per heavy atom. The molecule has 2 aliphatic heterocycles. The highest BCUT2D eigenvalue weighted by Crippen LogP contribution is 2.37. The first-order chi connectivity index (χ1) is 16.4. The molecule has 2 heterocycles. The predicted octanol–water partition coefficient (Wildman–Crippen LogP) is 3.74. The number of nitrogens with zero attached hydrogens (tertiary/aromatic N) is 2. The summed E-state index contributed by atoms with van der Waals surface area (Å²) in [7, 11) is 3.19. The molecule has 1 N–H and O–H groups in total. The van der Waals surface area contributed by atoms with Crippen LogP contribution in [-0.2, 0) is 22.5 Å². The molecule has 0 saturated carbocycles. The van der Waals surface area contributed by atoms with E-state index in [1.807, 2.05) is 48.5 Å². The van der Waals surface area contributed by atoms with Gasteiger partial charge < -0.3 is 14.8 Å². The van der Waals surface area contributed by atoms with Crippen LogP contribution in [0.2, 0.25) is 5.02 Å². The Bertz CT molecular complexity index is 1010. The molecule has 0 spiro atoms. The van der Waals surface area contributed by atoms with Crippen LogP contribution in [0.3, 0.4) is 0 Å². The van der Waals surface area contributed by atoms with Crippen LogP contribution >= 0.6 is 11.6 Å². The number of imide groups is 1. The summed E-state index contributed by atoms with van der Waals surface area (Å²) in [5, 5.41) is 3.84. The number of carbonyl (C=O) groups excluding carboxylic acids is 2. The zero-order valence-electron chi connectivity index (χ0n) is 19.8. The molecule has 0 aliphatic carbocycles. The van der Waals surface area contributed by atoms with Gasteiger partial charge in [0.15, 0.2) is 0 Å². The van der Waals surface area contributed by atoms with E-state index in [1.165, 1.54) is 10.5 Å². The average molecular weight is 486 g/mol. The maximum atomic E-state index is 13.7. The molecule has 182 valence electrons. The highest BCUT2D eigenvalue weighted by Gasteiger charge is 2.55. The average Bonchev–Trinajstić information content (AvgIpc) is 3.09. The lowest BCUT2D eigenvalue weighted by Gasteiger charge is -2.41. The Morgan fingerprint density at radius 2 is 1.79 bits per heavy atom. The molecule has 3 amide bonds. The van der Waals surface area contributed by atoms with Crippen LogP contribution in [0.1, 0.15) is 24.0 Å². The van der Waals surface area contributed by atoms with Gasteiger partial charge >= 0.3 is 6.03 Å². The van der Waals surface area contributed by atoms with Crippen LogP contribution in [0.25, 0.3) is 0 Å². The fraction of sp³-hybridized carbons (Fsp3) is 0.462. The third-order valence-electron chi connectivity index (χ3n) is 6.94. The van der Waals surface area contributed by atoms with Gasteiger partial charge in [0.2, 0.25) is 0 Å². The van der Waals surface area contributed by atoms with Gasteiger partial charge in [-0.3, -0.25) is 14.6 Å². The van der Waals surface area contributed by atoms with Gasteiger partial charge in [0.25, 0.3) is 5.91 Å². The first-order valence-corrected chi connectivity index (χ1v) is 12.1. The van der Waals surface area contributed by atoms with E-state index in [0.29, 0.717) is 13.0 Å². The third-order valence-corrected chi connectivity index (χ3v) is 7.19. The van der Waals surface area contributed by atoms with Crippen molar-refractivity contribution in [3.63, 3.8) is 0 Å². The van der Waals surface area contributed by atoms with E-state index < -0.39 is 5.54 Å². The van der Waals surface area contributed by atoms with Crippen molar-refractivity contribution in [1.82, 2.24) is 15.1 Å². The number of amides is 3. The molecule has 34 heavy (non-hydrogen) atoms. The standard InChI is InChI=1S/C26H32ClN3O4/c1-33-15-14-30-24(31)26(28-25(30)32,17-20-4-3-5-23(16-20)34-2)21-10-12-29(13-11-21)18-19-6-8-22(27)9-7-19/h3-9,16,21H,10-15,17-18H2,1-2H3,(H,28,32)/t26-/m1/s1. The summed E-state index contributed by atoms with van der Waals surface area (Å²) in [6.45, 7) is 3.11. The predicted molar refractivity (Wildman–Crippen MR) is 131 cm³/mol. The molecule has 0 unspecified atom stereocenters. The van der Waals surface area contributed by atoms with Crippen LogP contribution in [0.15, 0.2) is 48.5 Å². The highest BCUT2D eigenvalue weighted by atomic mass is 35.5. The number of halogens is 1. The molecule has 2 saturated heterocycles. The fourth-order valence-corrected chi connectivity index (χ4v) is 5.23. The summed E-state index contributed by atoms with van der Waals surface area (Å²) in [5.41, 5.74) is 1.21. The number of benzene rings is 2. The Hall–Kier alpha value is -2.61. The largest absolute Gasteiger partial charge is 0.497 e. The highest BCUT2D eigenvalue weighted by molar-refractivity contribution is 6.30. The molecule has 2 aromatic carbocycles. The lowest BCUT2D eigenvalue weighted by molar-refractivity contribution is -0.134. The van der Waals surface area contributed by atoms with Gasteiger partial charge in [-0.1, -0.05) is 35.9 Å². The van der Waals surface area contributed by atoms with Gasteiger partial charge in [-0.05, 0) is 67.2 Å². The first-order valence-electron chi connectivity index (χ1n) is 11.7. The van der Waals surface area contributed by atoms with Crippen molar-refractivity contribution in [1.29, 1.82) is 0 Å². The van der Waals surface area contributed by atoms with Crippen molar-refractivity contribution in [2.45, 2.75) is 31.3 Å². The second-order valence-electron chi connectivity index (χ2n) is 9.06. The molecule has 2 fully saturated rings. The van der Waals surface area contributed by atoms with Crippen LogP contribution in [-0.4, -0.2) is 67.7 Å². The molecular formula is C26H32ClN3O4. The van der Waals surface area contributed by atoms with Crippen molar-refractivity contribution < 1.29 is 19.1 Å². The molecule has 4 rings (SSSR count). The van der Waals surface area contributed by atoms with E-state index in [9.17, 15) is 9.59 Å². The first kappa shape index (κ1) is 24.5. The fourth-order valence-electron chi connectivity index (χ4n) is 5.11. The smallest absolute Gasteiger partial charge is 0.325 e. The normalized spacial score (nSPS) is 21.7. The maximum Gasteiger partial charge on any atom is 0.325 e. The van der Waals surface area contributed by atoms with Gasteiger partial charge in [-0.15, -0.1) is 0 Å². The van der Waals surface area contributed by atoms with Crippen LogP contribution in [0, 0.1) is 5.92 Å². The number of hydrogen-bond acceptors (Lipinski definition) is 5. The molecule has 7 nitrogen and oxygen atoms in total. The van der Waals surface area contributed by atoms with E-state index in [-0.39, 0.29) is 24.4 Å². The van der Waals surface area contributed by atoms with Crippen molar-refractivity contribution in [2.75, 3.05) is 40.5 Å². The zero-order valence-corrected chi connectivity index (χ0v) is 20.5. The van der Waals surface area contributed by atoms with Gasteiger partial charge in [-0.2, -0.15) is 0 Å². The van der Waals surface area contributed by atoms with E-state index in [1.54, 1.807) is 14.2 Å². The summed E-state index contributed by atoms with van der Waals surface area (Å²) in [5.74, 6) is 0.608. The lowest BCUT2D eigenvalue weighted by Crippen LogP contribution is -2.57. The number of carbonyl (C=O) groups is 2. The van der Waals surface area contributed by atoms with Crippen molar-refractivity contribution in [2.24, 2.45) is 5.92 Å². The Balaban J connectivity index is 1.53. The van der Waals surface area contributed by atoms with Gasteiger partial charge in [0, 0.05) is 25.1 Å². The zero-order chi connectivity index (χ0) is 24.1. The van der Waals surface area contributed by atoms with Crippen LogP contribution < -0.4 is 10.1 Å². The summed E-state index contributed by atoms with van der Waals surface area (Å²) in [6, 6.07) is 15.3. The van der Waals surface area contributed by atoms with E-state index in [0.717, 1.165) is 48.8 Å². The molecule has 2 aromatic rings. The quantitative estimate of drug-likeness (QED) is 0.548. The minimum atomic E-state index is -0.969. The van der Waals surface area contributed by atoms with Crippen LogP contribution in [0.4, 0.5) is 4.79 Å². The number of hydrogen-bond donors (Lipinski definition) is 1. The number of likely N-dealkylation sites (tertiary alicyclic amines) is 1. The number of ether oxygens (including phenoxy) is 2. The SMILES string of the molecule is COCCN1C(=O)N[C@](Cc2cccc(OC)c2)(C2CCN(Cc3ccc(Cl)cc3)CC2)C1=O. The molecular weight excluding hydrogens is 454 g/mol. The Morgan fingerprint density at radius 3 is 2.47 bits per heavy atom. The van der Waals surface area contributed by atoms with Gasteiger partial charge in [0.1, 0.15) is 11.3 Å². The summed E-state index contributed by atoms with van der Waals surface area (Å²) < 4.78 is 10.5. The molecule has 1 atom stereocenters. The lowest BCUT2D eigenvalue weighted by atomic mass is 9.74. The number of piperidine rings is 1. The Kier molecular flexibility index (Phi) is 7.76. The second kappa shape index (κ2) is 10.8. The molecule has 0 aromatic heterocycles. The van der Waals surface area contributed by atoms with E-state index >= 15 is 0 Å². The molecule has 0 bridgehead atoms. The summed E-state index contributed by atoms with van der Waals surface area (Å²) >= 11 is 6.02. The van der Waals surface area contributed by atoms with Crippen LogP contribution in [0.5, 0.6) is 5.75 Å². The van der Waals surface area contributed by atoms with E-state index in [2.05, 4.69) is 10.2 Å². The van der Waals surface area contributed by atoms with Crippen molar-refractivity contribution in [3.05, 3.63) is 64.7 Å². The Labute approximate surface area is 206 Å².